The molecule has 1 unspecified atom stereocenters. The van der Waals surface area contributed by atoms with E-state index < -0.39 is 0 Å². The maximum absolute atomic E-state index is 5.62. The van der Waals surface area contributed by atoms with E-state index in [1.54, 1.807) is 6.33 Å². The van der Waals surface area contributed by atoms with Crippen LogP contribution in [-0.2, 0) is 13.0 Å². The number of imidazole rings is 1. The first-order chi connectivity index (χ1) is 9.79. The van der Waals surface area contributed by atoms with Gasteiger partial charge in [-0.1, -0.05) is 6.07 Å². The molecule has 1 atom stereocenters. The zero-order chi connectivity index (χ0) is 14.2. The number of nitrogens with one attached hydrogen (secondary N) is 2. The number of hydrogen-bond acceptors (Lipinski definition) is 4. The quantitative estimate of drug-likeness (QED) is 0.682. The van der Waals surface area contributed by atoms with Crippen LogP contribution in [0.25, 0.3) is 0 Å². The van der Waals surface area contributed by atoms with Crippen LogP contribution in [0.3, 0.4) is 0 Å². The smallest absolute Gasteiger partial charge is 0.0921 e. The Bertz CT molecular complexity index is 495. The summed E-state index contributed by atoms with van der Waals surface area (Å²) in [7, 11) is 0. The third-order valence-corrected chi connectivity index (χ3v) is 3.45. The normalized spacial score (nSPS) is 12.5. The number of aromatic amines is 1. The zero-order valence-electron chi connectivity index (χ0n) is 12.0. The van der Waals surface area contributed by atoms with Crippen LogP contribution < -0.4 is 11.1 Å². The highest BCUT2D eigenvalue weighted by Crippen LogP contribution is 2.08. The van der Waals surface area contributed by atoms with Crippen molar-refractivity contribution in [1.82, 2.24) is 20.3 Å². The fourth-order valence-electron chi connectivity index (χ4n) is 2.25. The summed E-state index contributed by atoms with van der Waals surface area (Å²) >= 11 is 0. The van der Waals surface area contributed by atoms with Gasteiger partial charge in [0.05, 0.1) is 12.0 Å². The second kappa shape index (κ2) is 7.77. The summed E-state index contributed by atoms with van der Waals surface area (Å²) in [5, 5.41) is 3.58. The van der Waals surface area contributed by atoms with E-state index in [1.165, 1.54) is 5.56 Å². The van der Waals surface area contributed by atoms with Gasteiger partial charge in [-0.3, -0.25) is 4.98 Å². The Morgan fingerprint density at radius 3 is 3.05 bits per heavy atom. The van der Waals surface area contributed by atoms with Crippen LogP contribution in [0.5, 0.6) is 0 Å². The molecule has 0 aromatic carbocycles. The molecule has 108 valence electrons. The molecule has 0 saturated carbocycles. The number of nitrogens with two attached hydrogens (primary N) is 1. The molecule has 2 rings (SSSR count). The monoisotopic (exact) mass is 273 g/mol. The van der Waals surface area contributed by atoms with Gasteiger partial charge >= 0.3 is 0 Å². The summed E-state index contributed by atoms with van der Waals surface area (Å²) < 4.78 is 0. The number of aromatic nitrogens is 3. The van der Waals surface area contributed by atoms with Crippen molar-refractivity contribution in [1.29, 1.82) is 0 Å². The molecule has 0 radical (unpaired) electrons. The third kappa shape index (κ3) is 4.43. The molecule has 2 heterocycles. The van der Waals surface area contributed by atoms with Gasteiger partial charge in [-0.2, -0.15) is 0 Å². The predicted octanol–water partition coefficient (Wildman–Crippen LogP) is 1.55. The minimum Gasteiger partial charge on any atom is -0.348 e. The van der Waals surface area contributed by atoms with Gasteiger partial charge in [0.15, 0.2) is 0 Å². The number of pyridine rings is 1. The maximum atomic E-state index is 5.62. The molecule has 0 bridgehead atoms. The lowest BCUT2D eigenvalue weighted by Crippen LogP contribution is -2.32. The van der Waals surface area contributed by atoms with Gasteiger partial charge in [-0.05, 0) is 37.9 Å². The predicted molar refractivity (Wildman–Crippen MR) is 80.2 cm³/mol. The van der Waals surface area contributed by atoms with Crippen molar-refractivity contribution in [3.63, 3.8) is 0 Å². The molecule has 5 nitrogen and oxygen atoms in total. The summed E-state index contributed by atoms with van der Waals surface area (Å²) in [6, 6.07) is 4.45. The Balaban J connectivity index is 1.91. The van der Waals surface area contributed by atoms with Crippen molar-refractivity contribution in [3.8, 4) is 0 Å². The van der Waals surface area contributed by atoms with Crippen molar-refractivity contribution < 1.29 is 0 Å². The van der Waals surface area contributed by atoms with Crippen molar-refractivity contribution in [3.05, 3.63) is 47.8 Å². The van der Waals surface area contributed by atoms with Crippen molar-refractivity contribution >= 4 is 0 Å². The van der Waals surface area contributed by atoms with Crippen LogP contribution in [0, 0.1) is 6.92 Å². The standard InChI is InChI=1S/C15H23N5/c1-12-4-3-7-18-15(12)10-19-13(5-2-6-16)8-14-9-17-11-20-14/h3-4,7,9,11,13,19H,2,5-6,8,10,16H2,1H3,(H,17,20). The first kappa shape index (κ1) is 14.7. The van der Waals surface area contributed by atoms with E-state index in [4.69, 9.17) is 5.73 Å². The lowest BCUT2D eigenvalue weighted by atomic mass is 10.1. The molecule has 2 aromatic heterocycles. The van der Waals surface area contributed by atoms with Gasteiger partial charge in [-0.25, -0.2) is 4.98 Å². The Morgan fingerprint density at radius 1 is 1.45 bits per heavy atom. The summed E-state index contributed by atoms with van der Waals surface area (Å²) in [5.41, 5.74) is 9.10. The first-order valence-electron chi connectivity index (χ1n) is 7.10. The highest BCUT2D eigenvalue weighted by Gasteiger charge is 2.10. The molecule has 0 fully saturated rings. The molecular weight excluding hydrogens is 250 g/mol. The Kier molecular flexibility index (Phi) is 5.70. The fraction of sp³-hybridized carbons (Fsp3) is 0.467. The summed E-state index contributed by atoms with van der Waals surface area (Å²) in [6.07, 6.45) is 8.45. The van der Waals surface area contributed by atoms with Crippen LogP contribution in [0.15, 0.2) is 30.9 Å². The molecule has 0 saturated heterocycles. The van der Waals surface area contributed by atoms with E-state index in [-0.39, 0.29) is 0 Å². The van der Waals surface area contributed by atoms with E-state index >= 15 is 0 Å². The van der Waals surface area contributed by atoms with Crippen molar-refractivity contribution in [2.24, 2.45) is 5.73 Å². The van der Waals surface area contributed by atoms with Crippen LogP contribution in [0.1, 0.15) is 29.8 Å². The molecule has 0 spiro atoms. The van der Waals surface area contributed by atoms with E-state index in [0.29, 0.717) is 6.04 Å². The SMILES string of the molecule is Cc1cccnc1CNC(CCCN)Cc1cnc[nH]1. The van der Waals surface area contributed by atoms with Gasteiger partial charge in [0, 0.05) is 37.1 Å². The third-order valence-electron chi connectivity index (χ3n) is 3.45. The van der Waals surface area contributed by atoms with Crippen LogP contribution in [0.4, 0.5) is 0 Å². The van der Waals surface area contributed by atoms with Gasteiger partial charge in [0.25, 0.3) is 0 Å². The van der Waals surface area contributed by atoms with E-state index in [1.807, 2.05) is 18.5 Å². The highest BCUT2D eigenvalue weighted by atomic mass is 14.9. The Hall–Kier alpha value is -1.72. The fourth-order valence-corrected chi connectivity index (χ4v) is 2.25. The van der Waals surface area contributed by atoms with Gasteiger partial charge in [-0.15, -0.1) is 0 Å². The largest absolute Gasteiger partial charge is 0.348 e. The topological polar surface area (TPSA) is 79.6 Å². The molecule has 0 aliphatic heterocycles. The van der Waals surface area contributed by atoms with Crippen molar-refractivity contribution in [2.45, 2.75) is 38.8 Å². The molecule has 0 aliphatic carbocycles. The van der Waals surface area contributed by atoms with Crippen LogP contribution >= 0.6 is 0 Å². The second-order valence-electron chi connectivity index (χ2n) is 5.06. The second-order valence-corrected chi connectivity index (χ2v) is 5.06. The summed E-state index contributed by atoms with van der Waals surface area (Å²) in [6.45, 7) is 3.60. The molecule has 4 N–H and O–H groups in total. The van der Waals surface area contributed by atoms with Crippen LogP contribution in [-0.4, -0.2) is 27.5 Å². The molecular formula is C15H23N5. The van der Waals surface area contributed by atoms with Gasteiger partial charge < -0.3 is 16.0 Å². The molecule has 20 heavy (non-hydrogen) atoms. The van der Waals surface area contributed by atoms with E-state index in [9.17, 15) is 0 Å². The number of rotatable bonds is 8. The lowest BCUT2D eigenvalue weighted by Gasteiger charge is -2.18. The first-order valence-corrected chi connectivity index (χ1v) is 7.10. The minimum atomic E-state index is 0.389. The van der Waals surface area contributed by atoms with Crippen LogP contribution in [0.2, 0.25) is 0 Å². The average Bonchev–Trinajstić information content (AvgIpc) is 2.96. The van der Waals surface area contributed by atoms with Gasteiger partial charge in [0.2, 0.25) is 0 Å². The number of hydrogen-bond donors (Lipinski definition) is 3. The Morgan fingerprint density at radius 2 is 2.35 bits per heavy atom. The number of H-pyrrole nitrogens is 1. The number of aryl methyl sites for hydroxylation is 1. The molecule has 5 heteroatoms. The average molecular weight is 273 g/mol. The summed E-state index contributed by atoms with van der Waals surface area (Å²) in [4.78, 5) is 11.6. The molecule has 0 aliphatic rings. The lowest BCUT2D eigenvalue weighted by molar-refractivity contribution is 0.459. The molecule has 2 aromatic rings. The van der Waals surface area contributed by atoms with Crippen molar-refractivity contribution in [2.75, 3.05) is 6.54 Å². The van der Waals surface area contributed by atoms with Gasteiger partial charge in [0.1, 0.15) is 0 Å². The number of nitrogens with zero attached hydrogens (tertiary/aromatic N) is 2. The van der Waals surface area contributed by atoms with E-state index in [2.05, 4.69) is 33.3 Å². The maximum Gasteiger partial charge on any atom is 0.0921 e. The Labute approximate surface area is 120 Å². The summed E-state index contributed by atoms with van der Waals surface area (Å²) in [5.74, 6) is 0. The minimum absolute atomic E-state index is 0.389. The highest BCUT2D eigenvalue weighted by molar-refractivity contribution is 5.17. The van der Waals surface area contributed by atoms with E-state index in [0.717, 1.165) is 43.7 Å². The zero-order valence-corrected chi connectivity index (χ0v) is 12.0. The molecule has 0 amide bonds.